The van der Waals surface area contributed by atoms with Crippen LogP contribution in [-0.2, 0) is 6.61 Å². The Bertz CT molecular complexity index is 896. The lowest BCUT2D eigenvalue weighted by Crippen LogP contribution is -2.28. The summed E-state index contributed by atoms with van der Waals surface area (Å²) in [5.41, 5.74) is 1.54. The molecule has 0 radical (unpaired) electrons. The summed E-state index contributed by atoms with van der Waals surface area (Å²) in [5, 5.41) is 2.86. The van der Waals surface area contributed by atoms with Crippen LogP contribution in [0.4, 0.5) is 0 Å². The van der Waals surface area contributed by atoms with Crippen molar-refractivity contribution in [3.63, 3.8) is 0 Å². The van der Waals surface area contributed by atoms with Crippen molar-refractivity contribution >= 4 is 5.91 Å². The molecule has 3 aromatic carbocycles. The average molecular weight is 377 g/mol. The number of methoxy groups -OCH3 is 1. The van der Waals surface area contributed by atoms with E-state index in [0.717, 1.165) is 5.56 Å². The van der Waals surface area contributed by atoms with Gasteiger partial charge in [-0.05, 0) is 29.8 Å². The summed E-state index contributed by atoms with van der Waals surface area (Å²) in [4.78, 5) is 12.5. The fourth-order valence-corrected chi connectivity index (χ4v) is 2.67. The second-order valence-corrected chi connectivity index (χ2v) is 6.03. The highest BCUT2D eigenvalue weighted by molar-refractivity contribution is 5.96. The van der Waals surface area contributed by atoms with E-state index < -0.39 is 0 Å². The zero-order valence-electron chi connectivity index (χ0n) is 15.8. The van der Waals surface area contributed by atoms with Crippen LogP contribution in [0, 0.1) is 0 Å². The van der Waals surface area contributed by atoms with Gasteiger partial charge in [0.2, 0.25) is 0 Å². The first kappa shape index (κ1) is 19.3. The number of hydrogen-bond acceptors (Lipinski definition) is 4. The zero-order chi connectivity index (χ0) is 19.6. The minimum absolute atomic E-state index is 0.202. The molecular weight excluding hydrogens is 354 g/mol. The van der Waals surface area contributed by atoms with Gasteiger partial charge in [-0.25, -0.2) is 0 Å². The second kappa shape index (κ2) is 10.0. The molecule has 5 heteroatoms. The summed E-state index contributed by atoms with van der Waals surface area (Å²) < 4.78 is 16.8. The summed E-state index contributed by atoms with van der Waals surface area (Å²) in [6.07, 6.45) is 0. The Morgan fingerprint density at radius 1 is 0.786 bits per heavy atom. The predicted molar refractivity (Wildman–Crippen MR) is 108 cm³/mol. The van der Waals surface area contributed by atoms with E-state index in [-0.39, 0.29) is 5.91 Å². The van der Waals surface area contributed by atoms with Crippen LogP contribution in [0.25, 0.3) is 0 Å². The highest BCUT2D eigenvalue weighted by atomic mass is 16.5. The zero-order valence-corrected chi connectivity index (χ0v) is 15.8. The van der Waals surface area contributed by atoms with Gasteiger partial charge < -0.3 is 19.5 Å². The van der Waals surface area contributed by atoms with E-state index in [1.165, 1.54) is 0 Å². The maximum atomic E-state index is 12.5. The minimum Gasteiger partial charge on any atom is -0.493 e. The van der Waals surface area contributed by atoms with Crippen LogP contribution in [0.15, 0.2) is 78.9 Å². The maximum absolute atomic E-state index is 12.5. The van der Waals surface area contributed by atoms with Crippen LogP contribution >= 0.6 is 0 Å². The number of ether oxygens (including phenoxy) is 3. The molecule has 3 rings (SSSR count). The summed E-state index contributed by atoms with van der Waals surface area (Å²) >= 11 is 0. The molecule has 0 aliphatic rings. The molecule has 5 nitrogen and oxygen atoms in total. The third-order valence-corrected chi connectivity index (χ3v) is 4.08. The van der Waals surface area contributed by atoms with Crippen molar-refractivity contribution in [1.82, 2.24) is 5.32 Å². The van der Waals surface area contributed by atoms with Crippen molar-refractivity contribution in [3.05, 3.63) is 90.0 Å². The normalized spacial score (nSPS) is 10.2. The topological polar surface area (TPSA) is 56.8 Å². The van der Waals surface area contributed by atoms with Gasteiger partial charge in [0.15, 0.2) is 11.5 Å². The van der Waals surface area contributed by atoms with Gasteiger partial charge >= 0.3 is 0 Å². The van der Waals surface area contributed by atoms with E-state index in [1.807, 2.05) is 66.7 Å². The number of carbonyl (C=O) groups is 1. The average Bonchev–Trinajstić information content (AvgIpc) is 2.76. The van der Waals surface area contributed by atoms with E-state index in [0.29, 0.717) is 42.6 Å². The van der Waals surface area contributed by atoms with E-state index in [1.54, 1.807) is 19.2 Å². The van der Waals surface area contributed by atoms with E-state index in [4.69, 9.17) is 14.2 Å². The van der Waals surface area contributed by atoms with Gasteiger partial charge in [-0.1, -0.05) is 54.6 Å². The Morgan fingerprint density at radius 3 is 2.18 bits per heavy atom. The molecule has 0 fully saturated rings. The molecule has 0 bridgehead atoms. The SMILES string of the molecule is COc1ccccc1OCCNC(=O)c1ccccc1OCc1ccccc1. The molecule has 144 valence electrons. The number of para-hydroxylation sites is 3. The number of rotatable bonds is 9. The summed E-state index contributed by atoms with van der Waals surface area (Å²) in [6, 6.07) is 24.4. The van der Waals surface area contributed by atoms with Crippen LogP contribution in [0.5, 0.6) is 17.2 Å². The largest absolute Gasteiger partial charge is 0.493 e. The van der Waals surface area contributed by atoms with Crippen LogP contribution < -0.4 is 19.5 Å². The highest BCUT2D eigenvalue weighted by Gasteiger charge is 2.12. The summed E-state index contributed by atoms with van der Waals surface area (Å²) in [5.74, 6) is 1.65. The lowest BCUT2D eigenvalue weighted by Gasteiger charge is -2.13. The molecular formula is C23H23NO4. The molecule has 0 unspecified atom stereocenters. The van der Waals surface area contributed by atoms with Crippen molar-refractivity contribution < 1.29 is 19.0 Å². The van der Waals surface area contributed by atoms with Gasteiger partial charge in [0.1, 0.15) is 19.0 Å². The molecule has 0 saturated carbocycles. The number of hydrogen-bond donors (Lipinski definition) is 1. The Morgan fingerprint density at radius 2 is 1.43 bits per heavy atom. The molecule has 0 spiro atoms. The Hall–Kier alpha value is -3.47. The van der Waals surface area contributed by atoms with Gasteiger partial charge in [-0.15, -0.1) is 0 Å². The molecule has 0 aliphatic carbocycles. The first-order valence-corrected chi connectivity index (χ1v) is 9.07. The predicted octanol–water partition coefficient (Wildman–Crippen LogP) is 4.08. The number of carbonyl (C=O) groups excluding carboxylic acids is 1. The Kier molecular flexibility index (Phi) is 6.90. The molecule has 0 heterocycles. The van der Waals surface area contributed by atoms with E-state index >= 15 is 0 Å². The van der Waals surface area contributed by atoms with Gasteiger partial charge in [-0.3, -0.25) is 4.79 Å². The van der Waals surface area contributed by atoms with Crippen LogP contribution in [0.3, 0.4) is 0 Å². The Balaban J connectivity index is 1.53. The van der Waals surface area contributed by atoms with Gasteiger partial charge in [0.25, 0.3) is 5.91 Å². The molecule has 0 saturated heterocycles. The van der Waals surface area contributed by atoms with Crippen molar-refractivity contribution in [3.8, 4) is 17.2 Å². The second-order valence-electron chi connectivity index (χ2n) is 6.03. The van der Waals surface area contributed by atoms with Gasteiger partial charge in [-0.2, -0.15) is 0 Å². The van der Waals surface area contributed by atoms with Gasteiger partial charge in [0.05, 0.1) is 19.2 Å². The lowest BCUT2D eigenvalue weighted by atomic mass is 10.2. The molecule has 0 atom stereocenters. The monoisotopic (exact) mass is 377 g/mol. The molecule has 0 aromatic heterocycles. The van der Waals surface area contributed by atoms with Crippen LogP contribution in [0.2, 0.25) is 0 Å². The fourth-order valence-electron chi connectivity index (χ4n) is 2.67. The quantitative estimate of drug-likeness (QED) is 0.571. The first-order valence-electron chi connectivity index (χ1n) is 9.07. The summed E-state index contributed by atoms with van der Waals surface area (Å²) in [6.45, 7) is 1.10. The van der Waals surface area contributed by atoms with Crippen LogP contribution in [0.1, 0.15) is 15.9 Å². The smallest absolute Gasteiger partial charge is 0.255 e. The third kappa shape index (κ3) is 5.27. The maximum Gasteiger partial charge on any atom is 0.255 e. The number of benzene rings is 3. The number of amides is 1. The van der Waals surface area contributed by atoms with E-state index in [2.05, 4.69) is 5.32 Å². The molecule has 1 amide bonds. The summed E-state index contributed by atoms with van der Waals surface area (Å²) in [7, 11) is 1.59. The molecule has 3 aromatic rings. The van der Waals surface area contributed by atoms with Gasteiger partial charge in [0, 0.05) is 0 Å². The van der Waals surface area contributed by atoms with Crippen molar-refractivity contribution in [2.75, 3.05) is 20.3 Å². The van der Waals surface area contributed by atoms with Crippen molar-refractivity contribution in [2.24, 2.45) is 0 Å². The minimum atomic E-state index is -0.202. The lowest BCUT2D eigenvalue weighted by molar-refractivity contribution is 0.0942. The third-order valence-electron chi connectivity index (χ3n) is 4.08. The molecule has 28 heavy (non-hydrogen) atoms. The highest BCUT2D eigenvalue weighted by Crippen LogP contribution is 2.25. The van der Waals surface area contributed by atoms with Crippen LogP contribution in [-0.4, -0.2) is 26.2 Å². The molecule has 1 N–H and O–H groups in total. The first-order chi connectivity index (χ1) is 13.8. The van der Waals surface area contributed by atoms with Crippen molar-refractivity contribution in [2.45, 2.75) is 6.61 Å². The fraction of sp³-hybridized carbons (Fsp3) is 0.174. The van der Waals surface area contributed by atoms with Crippen molar-refractivity contribution in [1.29, 1.82) is 0 Å². The number of nitrogens with one attached hydrogen (secondary N) is 1. The van der Waals surface area contributed by atoms with E-state index in [9.17, 15) is 4.79 Å². The standard InChI is InChI=1S/C23H23NO4/c1-26-21-13-7-8-14-22(21)27-16-15-24-23(25)19-11-5-6-12-20(19)28-17-18-9-3-2-4-10-18/h2-14H,15-17H2,1H3,(H,24,25). The Labute approximate surface area is 164 Å². The molecule has 0 aliphatic heterocycles.